The smallest absolute Gasteiger partial charge is 0.129 e. The molecule has 1 aromatic heterocycles. The van der Waals surface area contributed by atoms with Crippen molar-refractivity contribution in [3.8, 4) is 5.75 Å². The zero-order chi connectivity index (χ0) is 22.2. The van der Waals surface area contributed by atoms with Crippen LogP contribution in [0.1, 0.15) is 89.5 Å². The molecule has 0 aliphatic heterocycles. The van der Waals surface area contributed by atoms with Crippen LogP contribution in [0.2, 0.25) is 0 Å². The van der Waals surface area contributed by atoms with Crippen LogP contribution >= 0.6 is 12.6 Å². The molecule has 0 aliphatic rings. The van der Waals surface area contributed by atoms with E-state index in [1.807, 2.05) is 25.1 Å². The first-order valence-corrected chi connectivity index (χ1v) is 12.7. The lowest BCUT2D eigenvalue weighted by Gasteiger charge is -2.13. The molecule has 31 heavy (non-hydrogen) atoms. The SMILES string of the molecule is C=Cc1cc(OCCCCCCCCCCCCCCS)c2cccnc2c1N=CC. The number of aromatic nitrogens is 1. The van der Waals surface area contributed by atoms with Crippen molar-refractivity contribution in [2.75, 3.05) is 12.4 Å². The van der Waals surface area contributed by atoms with Gasteiger partial charge in [-0.25, -0.2) is 0 Å². The number of benzene rings is 1. The van der Waals surface area contributed by atoms with E-state index in [1.54, 1.807) is 12.4 Å². The molecule has 0 aliphatic carbocycles. The molecule has 1 heterocycles. The van der Waals surface area contributed by atoms with Crippen LogP contribution in [0.3, 0.4) is 0 Å². The Balaban J connectivity index is 1.66. The highest BCUT2D eigenvalue weighted by atomic mass is 32.1. The van der Waals surface area contributed by atoms with Gasteiger partial charge in [-0.05, 0) is 43.7 Å². The maximum Gasteiger partial charge on any atom is 0.129 e. The average Bonchev–Trinajstić information content (AvgIpc) is 2.80. The first-order chi connectivity index (χ1) is 15.3. The Morgan fingerprint density at radius 2 is 1.58 bits per heavy atom. The predicted molar refractivity (Wildman–Crippen MR) is 140 cm³/mol. The molecule has 3 nitrogen and oxygen atoms in total. The molecule has 4 heteroatoms. The number of ether oxygens (including phenoxy) is 1. The maximum absolute atomic E-state index is 6.15. The largest absolute Gasteiger partial charge is 0.493 e. The zero-order valence-corrected chi connectivity index (χ0v) is 20.2. The second kappa shape index (κ2) is 15.9. The van der Waals surface area contributed by atoms with E-state index < -0.39 is 0 Å². The molecule has 0 unspecified atom stereocenters. The van der Waals surface area contributed by atoms with Crippen LogP contribution < -0.4 is 4.74 Å². The standard InChI is InChI=1S/C27H40N2OS/c1-3-23-22-25(24-18-17-19-29-27(24)26(23)28-4-2)30-20-15-13-11-9-7-5-6-8-10-12-14-16-21-31/h3-4,17-19,22,31H,1,5-16,20-21H2,2H3. The maximum atomic E-state index is 6.15. The molecule has 2 aromatic rings. The lowest BCUT2D eigenvalue weighted by molar-refractivity contribution is 0.307. The van der Waals surface area contributed by atoms with Crippen LogP contribution in [0, 0.1) is 0 Å². The predicted octanol–water partition coefficient (Wildman–Crippen LogP) is 8.59. The molecule has 1 aromatic carbocycles. The van der Waals surface area contributed by atoms with E-state index in [0.29, 0.717) is 0 Å². The second-order valence-electron chi connectivity index (χ2n) is 8.12. The monoisotopic (exact) mass is 440 g/mol. The van der Waals surface area contributed by atoms with Crippen LogP contribution in [0.25, 0.3) is 17.0 Å². The van der Waals surface area contributed by atoms with Crippen molar-refractivity contribution in [2.45, 2.75) is 84.0 Å². The summed E-state index contributed by atoms with van der Waals surface area (Å²) >= 11 is 4.27. The van der Waals surface area contributed by atoms with Crippen molar-refractivity contribution in [2.24, 2.45) is 4.99 Å². The van der Waals surface area contributed by atoms with Crippen molar-refractivity contribution in [1.29, 1.82) is 0 Å². The summed E-state index contributed by atoms with van der Waals surface area (Å²) in [6, 6.07) is 6.04. The van der Waals surface area contributed by atoms with E-state index in [9.17, 15) is 0 Å². The molecule has 0 spiro atoms. The van der Waals surface area contributed by atoms with Crippen LogP contribution in [0.15, 0.2) is 36.0 Å². The van der Waals surface area contributed by atoms with Gasteiger partial charge in [0.25, 0.3) is 0 Å². The summed E-state index contributed by atoms with van der Waals surface area (Å²) in [6.45, 7) is 6.59. The molecule has 0 saturated heterocycles. The number of hydrogen-bond acceptors (Lipinski definition) is 4. The number of hydrogen-bond donors (Lipinski definition) is 1. The minimum absolute atomic E-state index is 0.739. The number of fused-ring (bicyclic) bond motifs is 1. The Kier molecular flexibility index (Phi) is 13.1. The van der Waals surface area contributed by atoms with Crippen molar-refractivity contribution in [1.82, 2.24) is 4.98 Å². The molecule has 170 valence electrons. The highest BCUT2D eigenvalue weighted by molar-refractivity contribution is 7.80. The van der Waals surface area contributed by atoms with Gasteiger partial charge in [0.2, 0.25) is 0 Å². The number of thiol groups is 1. The third kappa shape index (κ3) is 9.06. The summed E-state index contributed by atoms with van der Waals surface area (Å²) in [7, 11) is 0. The van der Waals surface area contributed by atoms with Crippen molar-refractivity contribution in [3.63, 3.8) is 0 Å². The van der Waals surface area contributed by atoms with Gasteiger partial charge in [0.1, 0.15) is 11.3 Å². The zero-order valence-electron chi connectivity index (χ0n) is 19.3. The van der Waals surface area contributed by atoms with Crippen LogP contribution in [-0.4, -0.2) is 23.6 Å². The first-order valence-electron chi connectivity index (χ1n) is 12.1. The van der Waals surface area contributed by atoms with Gasteiger partial charge in [0, 0.05) is 23.4 Å². The van der Waals surface area contributed by atoms with Crippen molar-refractivity contribution >= 4 is 41.5 Å². The number of nitrogens with zero attached hydrogens (tertiary/aromatic N) is 2. The normalized spacial score (nSPS) is 11.4. The Morgan fingerprint density at radius 3 is 2.16 bits per heavy atom. The van der Waals surface area contributed by atoms with E-state index in [0.717, 1.165) is 46.7 Å². The number of pyridine rings is 1. The fraction of sp³-hybridized carbons (Fsp3) is 0.556. The molecule has 0 radical (unpaired) electrons. The Morgan fingerprint density at radius 1 is 0.968 bits per heavy atom. The van der Waals surface area contributed by atoms with Gasteiger partial charge in [-0.2, -0.15) is 12.6 Å². The quantitative estimate of drug-likeness (QED) is 0.152. The Bertz CT molecular complexity index is 803. The van der Waals surface area contributed by atoms with Gasteiger partial charge in [-0.3, -0.25) is 9.98 Å². The highest BCUT2D eigenvalue weighted by Crippen LogP contribution is 2.36. The van der Waals surface area contributed by atoms with Gasteiger partial charge in [-0.15, -0.1) is 0 Å². The Labute approximate surface area is 194 Å². The lowest BCUT2D eigenvalue weighted by atomic mass is 10.1. The second-order valence-corrected chi connectivity index (χ2v) is 8.57. The van der Waals surface area contributed by atoms with Crippen LogP contribution in [-0.2, 0) is 0 Å². The van der Waals surface area contributed by atoms with Gasteiger partial charge < -0.3 is 4.74 Å². The molecular weight excluding hydrogens is 400 g/mol. The lowest BCUT2D eigenvalue weighted by Crippen LogP contribution is -1.99. The number of unbranched alkanes of at least 4 members (excludes halogenated alkanes) is 11. The van der Waals surface area contributed by atoms with E-state index >= 15 is 0 Å². The summed E-state index contributed by atoms with van der Waals surface area (Å²) in [5.74, 6) is 1.91. The molecule has 0 atom stereocenters. The van der Waals surface area contributed by atoms with Crippen LogP contribution in [0.4, 0.5) is 5.69 Å². The summed E-state index contributed by atoms with van der Waals surface area (Å²) in [5.41, 5.74) is 2.69. The van der Waals surface area contributed by atoms with Gasteiger partial charge in [-0.1, -0.05) is 76.9 Å². The van der Waals surface area contributed by atoms with Gasteiger partial charge in [0.05, 0.1) is 12.3 Å². The fourth-order valence-electron chi connectivity index (χ4n) is 3.92. The summed E-state index contributed by atoms with van der Waals surface area (Å²) in [5, 5.41) is 1.01. The molecule has 0 amide bonds. The molecular formula is C27H40N2OS. The fourth-order valence-corrected chi connectivity index (χ4v) is 4.14. The molecule has 0 saturated carbocycles. The molecule has 0 N–H and O–H groups in total. The van der Waals surface area contributed by atoms with E-state index in [4.69, 9.17) is 4.74 Å². The summed E-state index contributed by atoms with van der Waals surface area (Å²) in [6.07, 6.45) is 21.3. The van der Waals surface area contributed by atoms with E-state index in [-0.39, 0.29) is 0 Å². The highest BCUT2D eigenvalue weighted by Gasteiger charge is 2.11. The molecule has 2 rings (SSSR count). The van der Waals surface area contributed by atoms with E-state index in [2.05, 4.69) is 35.3 Å². The van der Waals surface area contributed by atoms with Crippen molar-refractivity contribution in [3.05, 3.63) is 36.5 Å². The summed E-state index contributed by atoms with van der Waals surface area (Å²) in [4.78, 5) is 9.05. The summed E-state index contributed by atoms with van der Waals surface area (Å²) < 4.78 is 6.15. The minimum Gasteiger partial charge on any atom is -0.493 e. The molecule has 0 fully saturated rings. The topological polar surface area (TPSA) is 34.5 Å². The third-order valence-corrected chi connectivity index (χ3v) is 5.96. The molecule has 0 bridgehead atoms. The van der Waals surface area contributed by atoms with Crippen LogP contribution in [0.5, 0.6) is 5.75 Å². The van der Waals surface area contributed by atoms with Gasteiger partial charge in [0.15, 0.2) is 0 Å². The number of aliphatic imine (C=N–C) groups is 1. The Hall–Kier alpha value is -1.81. The van der Waals surface area contributed by atoms with E-state index in [1.165, 1.54) is 70.6 Å². The van der Waals surface area contributed by atoms with Gasteiger partial charge >= 0.3 is 0 Å². The third-order valence-electron chi connectivity index (χ3n) is 5.65. The number of rotatable bonds is 17. The minimum atomic E-state index is 0.739. The van der Waals surface area contributed by atoms with Crippen molar-refractivity contribution < 1.29 is 4.74 Å². The average molecular weight is 441 g/mol. The first kappa shape index (κ1) is 25.5.